The van der Waals surface area contributed by atoms with Gasteiger partial charge in [-0.3, -0.25) is 4.79 Å². The molecule has 0 bridgehead atoms. The molecule has 0 aliphatic carbocycles. The number of fused-ring (bicyclic) bond motifs is 6. The highest BCUT2D eigenvalue weighted by molar-refractivity contribution is 7.87. The van der Waals surface area contributed by atoms with Crippen LogP contribution in [-0.4, -0.2) is 238 Å². The van der Waals surface area contributed by atoms with Crippen LogP contribution in [0.15, 0.2) is 116 Å². The lowest BCUT2D eigenvalue weighted by Crippen LogP contribution is -2.33. The maximum absolute atomic E-state index is 13.1. The lowest BCUT2D eigenvalue weighted by molar-refractivity contribution is -0.438. The molecule has 0 amide bonds. The normalized spacial score (nSPS) is 17.6. The molecule has 4 aromatic carbocycles. The van der Waals surface area contributed by atoms with Crippen LogP contribution >= 0.6 is 0 Å². The number of carboxylic acid groups (broad SMARTS) is 1. The highest BCUT2D eigenvalue weighted by Gasteiger charge is 2.49. The number of unbranched alkanes of at least 4 members (excludes halogenated alkanes) is 2. The van der Waals surface area contributed by atoms with Gasteiger partial charge in [0.2, 0.25) is 5.69 Å². The third kappa shape index (κ3) is 23.5. The van der Waals surface area contributed by atoms with Gasteiger partial charge >= 0.3 is 5.97 Å². The number of ether oxygens (including phenoxy) is 10. The summed E-state index contributed by atoms with van der Waals surface area (Å²) in [6.45, 7) is 8.30. The summed E-state index contributed by atoms with van der Waals surface area (Å²) in [5.41, 5.74) is -0.601. The molecule has 4 aromatic rings. The lowest BCUT2D eigenvalue weighted by atomic mass is 9.75. The molecule has 0 spiro atoms. The van der Waals surface area contributed by atoms with Crippen molar-refractivity contribution >= 4 is 95.2 Å². The summed E-state index contributed by atoms with van der Waals surface area (Å²) in [6.07, 6.45) is 12.3. The number of carboxylic acids is 1. The van der Waals surface area contributed by atoms with Gasteiger partial charge in [-0.05, 0) is 110 Å². The van der Waals surface area contributed by atoms with E-state index in [0.717, 1.165) is 30.3 Å². The molecule has 2 aliphatic heterocycles. The first kappa shape index (κ1) is 81.4. The summed E-state index contributed by atoms with van der Waals surface area (Å²) in [5.74, 6) is -1.83. The van der Waals surface area contributed by atoms with Crippen molar-refractivity contribution < 1.29 is 127 Å². The maximum atomic E-state index is 13.1. The van der Waals surface area contributed by atoms with E-state index in [1.807, 2.05) is 4.58 Å². The third-order valence-corrected chi connectivity index (χ3v) is 20.4. The van der Waals surface area contributed by atoms with Crippen molar-refractivity contribution in [2.75, 3.05) is 157 Å². The molecule has 0 fully saturated rings. The summed E-state index contributed by atoms with van der Waals surface area (Å²) in [4.78, 5) is 9.70. The Morgan fingerprint density at radius 1 is 0.490 bits per heavy atom. The summed E-state index contributed by atoms with van der Waals surface area (Å²) in [6, 6.07) is 8.48. The van der Waals surface area contributed by atoms with Gasteiger partial charge in [-0.2, -0.15) is 4.58 Å². The van der Waals surface area contributed by atoms with Crippen LogP contribution in [0.4, 0.5) is 11.4 Å². The monoisotopic (exact) mass is 1470 g/mol. The fourth-order valence-electron chi connectivity index (χ4n) is 11.7. The molecule has 98 heavy (non-hydrogen) atoms. The fourth-order valence-corrected chi connectivity index (χ4v) is 14.7. The van der Waals surface area contributed by atoms with E-state index in [-0.39, 0.29) is 131 Å². The minimum absolute atomic E-state index is 0.00821. The Labute approximate surface area is 572 Å². The number of aliphatic carboxylic acids is 1. The number of methoxy groups -OCH3 is 2. The minimum Gasteiger partial charge on any atom is -0.748 e. The molecule has 0 saturated carbocycles. The Balaban J connectivity index is 1.37. The van der Waals surface area contributed by atoms with E-state index in [2.05, 4.69) is 0 Å². The second-order valence-corrected chi connectivity index (χ2v) is 30.0. The minimum atomic E-state index is -5.39. The molecule has 1 N–H and O–H groups in total. The molecule has 546 valence electrons. The van der Waals surface area contributed by atoms with E-state index in [9.17, 15) is 74.8 Å². The van der Waals surface area contributed by atoms with Crippen LogP contribution < -0.4 is 4.90 Å². The number of nitrogens with zero attached hydrogens (tertiary/aromatic N) is 2. The quantitative estimate of drug-likeness (QED) is 0.0260. The van der Waals surface area contributed by atoms with Gasteiger partial charge in [0.25, 0.3) is 0 Å². The van der Waals surface area contributed by atoms with Crippen molar-refractivity contribution in [2.24, 2.45) is 0 Å². The van der Waals surface area contributed by atoms with Gasteiger partial charge in [-0.15, -0.1) is 0 Å². The van der Waals surface area contributed by atoms with Crippen molar-refractivity contribution in [3.05, 3.63) is 108 Å². The van der Waals surface area contributed by atoms with E-state index in [1.54, 1.807) is 81.6 Å². The third-order valence-electron chi connectivity index (χ3n) is 16.2. The molecule has 29 nitrogen and oxygen atoms in total. The zero-order chi connectivity index (χ0) is 71.8. The molecule has 2 unspecified atom stereocenters. The number of benzene rings is 4. The van der Waals surface area contributed by atoms with Crippen molar-refractivity contribution in [1.82, 2.24) is 0 Å². The Bertz CT molecular complexity index is 4120. The highest BCUT2D eigenvalue weighted by Crippen LogP contribution is 2.55. The van der Waals surface area contributed by atoms with E-state index < -0.39 is 92.7 Å². The van der Waals surface area contributed by atoms with Gasteiger partial charge < -0.3 is 80.1 Å². The van der Waals surface area contributed by atoms with E-state index in [1.165, 1.54) is 6.07 Å². The maximum Gasteiger partial charge on any atom is 0.303 e. The number of hydrogen-bond acceptors (Lipinski definition) is 27. The number of rotatable bonds is 48. The Morgan fingerprint density at radius 2 is 0.959 bits per heavy atom. The summed E-state index contributed by atoms with van der Waals surface area (Å²) >= 11 is 0. The molecule has 0 radical (unpaired) electrons. The van der Waals surface area contributed by atoms with Crippen molar-refractivity contribution in [1.29, 1.82) is 0 Å². The second-order valence-electron chi connectivity index (χ2n) is 23.0. The largest absolute Gasteiger partial charge is 0.748 e. The second kappa shape index (κ2) is 37.9. The smallest absolute Gasteiger partial charge is 0.303 e. The summed E-state index contributed by atoms with van der Waals surface area (Å²) in [7, 11) is -23.0. The molecule has 2 atom stereocenters. The van der Waals surface area contributed by atoms with Gasteiger partial charge in [-0.1, -0.05) is 36.4 Å². The van der Waals surface area contributed by atoms with Crippen LogP contribution in [-0.2, 0) is 114 Å². The van der Waals surface area contributed by atoms with E-state index in [0.29, 0.717) is 107 Å². The van der Waals surface area contributed by atoms with Crippen LogP contribution in [0.5, 0.6) is 0 Å². The first-order valence-corrected chi connectivity index (χ1v) is 38.6. The Morgan fingerprint density at radius 3 is 1.47 bits per heavy atom. The van der Waals surface area contributed by atoms with Crippen LogP contribution in [0.2, 0.25) is 0 Å². The standard InChI is InChI=1S/C64H88N2O27S5/c1-63(21-13-43-94(69,70)71)58(66(24-26-87-32-34-91-39-40-93-42-41-92-38-36-89-30-28-85-4)55-47-57(98(81,82)83)50-18-17-48(95(72,73)74)44-52(50)62(55)63)14-9-6-5-7-10-15-59-64(2,22-25-86-31-33-90-37-35-88-29-27-84-3)61-53-45-49(96(75,76)77)46-56(97(78,79)80)51(53)19-20-54(61)65(59)23-12-8-11-16-60(67)68/h5-7,9-10,14-15,17-20,44-47H,8,11-13,16,21-43H2,1-4H3,(H5-,67,68,69,70,71,72,73,74,75,76,77,78,79,80,81,82,83)/p-4. The van der Waals surface area contributed by atoms with E-state index >= 15 is 0 Å². The SMILES string of the molecule is COCCOCCOCCOCCOCCOCCN1/C(=C/C=C/C=C/C=C/C2=[N+](CCCCCC(=O)O)c3ccc4c(S(=O)(=O)[O-])cc(S(=O)(=O)[O-])cc4c3C2(C)CCOCCOCCOCCOC)C(C)(CCCS(=O)(=O)[O-])c2c1cc(S(=O)(=O)[O-])c1ccc(S(=O)(=O)[O-])cc21. The predicted octanol–water partition coefficient (Wildman–Crippen LogP) is 5.08. The molecule has 0 saturated heterocycles. The first-order valence-electron chi connectivity index (χ1n) is 31.3. The predicted molar refractivity (Wildman–Crippen MR) is 352 cm³/mol. The number of allylic oxidation sites excluding steroid dienone is 8. The summed E-state index contributed by atoms with van der Waals surface area (Å²) in [5, 5.41) is 8.89. The molecular weight excluding hydrogens is 1390 g/mol. The van der Waals surface area contributed by atoms with Crippen molar-refractivity contribution in [2.45, 2.75) is 89.2 Å². The van der Waals surface area contributed by atoms with Crippen LogP contribution in [0.25, 0.3) is 21.5 Å². The molecule has 0 aromatic heterocycles. The highest BCUT2D eigenvalue weighted by atomic mass is 32.2. The van der Waals surface area contributed by atoms with Gasteiger partial charge in [0.1, 0.15) is 47.0 Å². The molecule has 34 heteroatoms. The Kier molecular flexibility index (Phi) is 31.5. The lowest BCUT2D eigenvalue weighted by Gasteiger charge is -2.31. The van der Waals surface area contributed by atoms with Crippen LogP contribution in [0, 0.1) is 0 Å². The van der Waals surface area contributed by atoms with E-state index in [4.69, 9.17) is 47.4 Å². The molecule has 2 aliphatic rings. The number of carbonyl (C=O) groups is 1. The average molecular weight is 1470 g/mol. The van der Waals surface area contributed by atoms with Crippen molar-refractivity contribution in [3.8, 4) is 0 Å². The van der Waals surface area contributed by atoms with Crippen molar-refractivity contribution in [3.63, 3.8) is 0 Å². The zero-order valence-corrected chi connectivity index (χ0v) is 59.0. The number of hydrogen-bond donors (Lipinski definition) is 1. The van der Waals surface area contributed by atoms with Crippen LogP contribution in [0.1, 0.15) is 69.9 Å². The number of anilines is 1. The van der Waals surface area contributed by atoms with Gasteiger partial charge in [-0.25, -0.2) is 42.1 Å². The fraction of sp³-hybridized carbons (Fsp3) is 0.531. The first-order chi connectivity index (χ1) is 46.4. The zero-order valence-electron chi connectivity index (χ0n) is 55.0. The molecular formula is C64H84N2O27S5-4. The summed E-state index contributed by atoms with van der Waals surface area (Å²) < 4.78 is 247. The van der Waals surface area contributed by atoms with Gasteiger partial charge in [0.05, 0.1) is 147 Å². The topological polar surface area (TPSA) is 422 Å². The van der Waals surface area contributed by atoms with Gasteiger partial charge in [0, 0.05) is 85.9 Å². The van der Waals surface area contributed by atoms with Gasteiger partial charge in [0.15, 0.2) is 5.71 Å². The molecule has 2 heterocycles. The molecule has 6 rings (SSSR count). The average Bonchev–Trinajstić information content (AvgIpc) is 1.53. The van der Waals surface area contributed by atoms with Crippen LogP contribution in [0.3, 0.4) is 0 Å². The Hall–Kier alpha value is -5.55.